The van der Waals surface area contributed by atoms with E-state index in [0.717, 1.165) is 5.76 Å². The predicted octanol–water partition coefficient (Wildman–Crippen LogP) is 2.17. The molecule has 18 heavy (non-hydrogen) atoms. The summed E-state index contributed by atoms with van der Waals surface area (Å²) in [7, 11) is 0. The highest BCUT2D eigenvalue weighted by atomic mass is 16.4. The first kappa shape index (κ1) is 14.7. The van der Waals surface area contributed by atoms with Crippen LogP contribution >= 0.6 is 0 Å². The zero-order valence-corrected chi connectivity index (χ0v) is 11.7. The van der Waals surface area contributed by atoms with Gasteiger partial charge in [-0.25, -0.2) is 4.98 Å². The van der Waals surface area contributed by atoms with Crippen LogP contribution in [-0.4, -0.2) is 22.1 Å². The van der Waals surface area contributed by atoms with E-state index in [1.807, 2.05) is 34.6 Å². The van der Waals surface area contributed by atoms with Crippen LogP contribution in [0.3, 0.4) is 0 Å². The molecular formula is C13H22N2O3. The zero-order valence-electron chi connectivity index (χ0n) is 11.7. The molecule has 0 aliphatic carbocycles. The van der Waals surface area contributed by atoms with E-state index in [2.05, 4.69) is 10.3 Å². The molecule has 0 aliphatic rings. The molecule has 0 bridgehead atoms. The van der Waals surface area contributed by atoms with Gasteiger partial charge in [-0.05, 0) is 5.92 Å². The number of nitrogens with zero attached hydrogens (tertiary/aromatic N) is 1. The Bertz CT molecular complexity index is 405. The number of nitrogens with one attached hydrogen (secondary N) is 1. The van der Waals surface area contributed by atoms with E-state index in [1.54, 1.807) is 6.20 Å². The second kappa shape index (κ2) is 5.52. The maximum absolute atomic E-state index is 11.0. The van der Waals surface area contributed by atoms with Crippen LogP contribution in [0.5, 0.6) is 0 Å². The number of oxazole rings is 1. The van der Waals surface area contributed by atoms with E-state index in [9.17, 15) is 4.79 Å². The zero-order chi connectivity index (χ0) is 13.9. The third kappa shape index (κ3) is 3.84. The summed E-state index contributed by atoms with van der Waals surface area (Å²) in [5.41, 5.74) is -0.0878. The van der Waals surface area contributed by atoms with Crippen LogP contribution in [0.2, 0.25) is 0 Å². The largest absolute Gasteiger partial charge is 0.480 e. The van der Waals surface area contributed by atoms with Crippen LogP contribution in [0.1, 0.15) is 46.3 Å². The Hall–Kier alpha value is -1.36. The number of rotatable bonds is 5. The van der Waals surface area contributed by atoms with Gasteiger partial charge in [0.25, 0.3) is 0 Å². The summed E-state index contributed by atoms with van der Waals surface area (Å²) in [6.07, 6.45) is 1.70. The molecule has 0 radical (unpaired) electrons. The van der Waals surface area contributed by atoms with Crippen molar-refractivity contribution in [3.05, 3.63) is 17.8 Å². The molecule has 1 aromatic heterocycles. The van der Waals surface area contributed by atoms with Crippen molar-refractivity contribution in [2.45, 2.75) is 52.6 Å². The van der Waals surface area contributed by atoms with Gasteiger partial charge < -0.3 is 9.52 Å². The van der Waals surface area contributed by atoms with Crippen molar-refractivity contribution in [3.8, 4) is 0 Å². The van der Waals surface area contributed by atoms with Gasteiger partial charge in [0.2, 0.25) is 5.89 Å². The molecule has 1 rings (SSSR count). The van der Waals surface area contributed by atoms with Crippen LogP contribution in [0.4, 0.5) is 0 Å². The summed E-state index contributed by atoms with van der Waals surface area (Å²) in [4.78, 5) is 15.2. The normalized spacial score (nSPS) is 13.9. The number of hydrogen-bond donors (Lipinski definition) is 2. The quantitative estimate of drug-likeness (QED) is 0.842. The molecule has 102 valence electrons. The number of carbonyl (C=O) groups is 1. The molecule has 0 fully saturated rings. The van der Waals surface area contributed by atoms with Crippen molar-refractivity contribution < 1.29 is 14.3 Å². The molecule has 1 heterocycles. The molecule has 1 atom stereocenters. The first-order valence-electron chi connectivity index (χ1n) is 6.13. The highest BCUT2D eigenvalue weighted by Gasteiger charge is 2.22. The molecule has 0 spiro atoms. The highest BCUT2D eigenvalue weighted by Crippen LogP contribution is 2.22. The molecule has 0 aromatic carbocycles. The van der Waals surface area contributed by atoms with Gasteiger partial charge >= 0.3 is 5.97 Å². The average molecular weight is 254 g/mol. The molecule has 0 saturated heterocycles. The van der Waals surface area contributed by atoms with Crippen molar-refractivity contribution in [1.82, 2.24) is 10.3 Å². The van der Waals surface area contributed by atoms with Crippen molar-refractivity contribution in [2.75, 3.05) is 0 Å². The molecular weight excluding hydrogens is 232 g/mol. The minimum atomic E-state index is -0.854. The van der Waals surface area contributed by atoms with Crippen LogP contribution in [0.15, 0.2) is 10.6 Å². The smallest absolute Gasteiger partial charge is 0.320 e. The molecule has 0 aliphatic heterocycles. The minimum absolute atomic E-state index is 0.0135. The van der Waals surface area contributed by atoms with Gasteiger partial charge in [0.15, 0.2) is 0 Å². The highest BCUT2D eigenvalue weighted by molar-refractivity contribution is 5.73. The standard InChI is InChI=1S/C13H22N2O3/c1-8(2)11(12(16)17)15-7-10-14-6-9(18-10)13(3,4)5/h6,8,11,15H,7H2,1-5H3,(H,16,17). The Morgan fingerprint density at radius 2 is 2.11 bits per heavy atom. The van der Waals surface area contributed by atoms with Crippen LogP contribution in [-0.2, 0) is 16.8 Å². The number of hydrogen-bond acceptors (Lipinski definition) is 4. The lowest BCUT2D eigenvalue weighted by Crippen LogP contribution is -2.40. The minimum Gasteiger partial charge on any atom is -0.480 e. The monoisotopic (exact) mass is 254 g/mol. The van der Waals surface area contributed by atoms with Crippen molar-refractivity contribution >= 4 is 5.97 Å². The summed E-state index contributed by atoms with van der Waals surface area (Å²) in [6.45, 7) is 10.2. The molecule has 2 N–H and O–H groups in total. The Balaban J connectivity index is 2.63. The van der Waals surface area contributed by atoms with Gasteiger partial charge in [0.05, 0.1) is 12.7 Å². The summed E-state index contributed by atoms with van der Waals surface area (Å²) < 4.78 is 5.59. The lowest BCUT2D eigenvalue weighted by Gasteiger charge is -2.17. The molecule has 1 unspecified atom stereocenters. The molecule has 0 amide bonds. The van der Waals surface area contributed by atoms with E-state index >= 15 is 0 Å². The Kier molecular flexibility index (Phi) is 4.51. The molecule has 5 nitrogen and oxygen atoms in total. The van der Waals surface area contributed by atoms with E-state index in [0.29, 0.717) is 12.4 Å². The van der Waals surface area contributed by atoms with Crippen molar-refractivity contribution in [1.29, 1.82) is 0 Å². The van der Waals surface area contributed by atoms with Gasteiger partial charge in [-0.1, -0.05) is 34.6 Å². The molecule has 0 saturated carbocycles. The Labute approximate surface area is 108 Å². The van der Waals surface area contributed by atoms with Crippen LogP contribution < -0.4 is 5.32 Å². The Morgan fingerprint density at radius 1 is 1.50 bits per heavy atom. The van der Waals surface area contributed by atoms with Gasteiger partial charge in [-0.2, -0.15) is 0 Å². The number of aromatic nitrogens is 1. The summed E-state index contributed by atoms with van der Waals surface area (Å²) in [6, 6.07) is -0.588. The third-order valence-corrected chi connectivity index (χ3v) is 2.70. The van der Waals surface area contributed by atoms with Crippen molar-refractivity contribution in [2.24, 2.45) is 5.92 Å². The maximum atomic E-state index is 11.0. The fraction of sp³-hybridized carbons (Fsp3) is 0.692. The third-order valence-electron chi connectivity index (χ3n) is 2.70. The fourth-order valence-electron chi connectivity index (χ4n) is 1.54. The van der Waals surface area contributed by atoms with Gasteiger partial charge in [-0.15, -0.1) is 0 Å². The van der Waals surface area contributed by atoms with Crippen LogP contribution in [0.25, 0.3) is 0 Å². The second-order valence-electron chi connectivity index (χ2n) is 5.81. The van der Waals surface area contributed by atoms with E-state index in [-0.39, 0.29) is 11.3 Å². The van der Waals surface area contributed by atoms with Crippen molar-refractivity contribution in [3.63, 3.8) is 0 Å². The molecule has 1 aromatic rings. The lowest BCUT2D eigenvalue weighted by molar-refractivity contribution is -0.140. The fourth-order valence-corrected chi connectivity index (χ4v) is 1.54. The van der Waals surface area contributed by atoms with Crippen LogP contribution in [0, 0.1) is 5.92 Å². The predicted molar refractivity (Wildman–Crippen MR) is 68.3 cm³/mol. The van der Waals surface area contributed by atoms with E-state index in [1.165, 1.54) is 0 Å². The Morgan fingerprint density at radius 3 is 2.50 bits per heavy atom. The van der Waals surface area contributed by atoms with Gasteiger partial charge in [0.1, 0.15) is 11.8 Å². The van der Waals surface area contributed by atoms with Gasteiger partial charge in [-0.3, -0.25) is 10.1 Å². The van der Waals surface area contributed by atoms with Gasteiger partial charge in [0, 0.05) is 5.41 Å². The topological polar surface area (TPSA) is 75.4 Å². The average Bonchev–Trinajstić information content (AvgIpc) is 2.64. The first-order chi connectivity index (χ1) is 8.21. The number of carboxylic acid groups (broad SMARTS) is 1. The van der Waals surface area contributed by atoms with E-state index in [4.69, 9.17) is 9.52 Å². The number of carboxylic acids is 1. The summed E-state index contributed by atoms with van der Waals surface area (Å²) in [5, 5.41) is 12.0. The molecule has 5 heteroatoms. The lowest BCUT2D eigenvalue weighted by atomic mass is 9.94. The maximum Gasteiger partial charge on any atom is 0.320 e. The van der Waals surface area contributed by atoms with E-state index < -0.39 is 12.0 Å². The SMILES string of the molecule is CC(C)C(NCc1ncc(C(C)(C)C)o1)C(=O)O. The second-order valence-corrected chi connectivity index (χ2v) is 5.81. The first-order valence-corrected chi connectivity index (χ1v) is 6.13. The number of aliphatic carboxylic acids is 1. The summed E-state index contributed by atoms with van der Waals surface area (Å²) in [5.74, 6) is 0.481. The summed E-state index contributed by atoms with van der Waals surface area (Å²) >= 11 is 0.